The predicted molar refractivity (Wildman–Crippen MR) is 275 cm³/mol. The molecule has 0 spiro atoms. The van der Waals surface area contributed by atoms with Gasteiger partial charge in [0.05, 0.1) is 0 Å². The summed E-state index contributed by atoms with van der Waals surface area (Å²) in [5.41, 5.74) is 0. The summed E-state index contributed by atoms with van der Waals surface area (Å²) in [6.45, 7) is 6.52. The van der Waals surface area contributed by atoms with Gasteiger partial charge in [-0.3, -0.25) is 14.4 Å². The average Bonchev–Trinajstić information content (AvgIpc) is 3.29. The van der Waals surface area contributed by atoms with Crippen LogP contribution in [-0.2, 0) is 28.6 Å². The van der Waals surface area contributed by atoms with Crippen molar-refractivity contribution in [1.29, 1.82) is 0 Å². The van der Waals surface area contributed by atoms with Crippen molar-refractivity contribution < 1.29 is 28.6 Å². The van der Waals surface area contributed by atoms with Gasteiger partial charge in [0.25, 0.3) is 0 Å². The monoisotopic (exact) mass is 903 g/mol. The zero-order valence-electron chi connectivity index (χ0n) is 43.3. The van der Waals surface area contributed by atoms with Crippen LogP contribution in [0, 0.1) is 0 Å². The standard InChI is InChI=1S/C58H110O6/c1-4-7-10-13-15-16-17-18-19-20-21-22-23-24-25-26-27-28-29-30-31-32-33-34-35-36-37-38-39-40-41-42-43-46-48-51-57(60)63-54-55(53-62-56(59)50-47-44-12-9-6-3)64-58(61)52-49-45-14-11-8-5-2/h20-21,55H,4-19,22-54H2,1-3H3/b21-20-. The van der Waals surface area contributed by atoms with Gasteiger partial charge in [0.15, 0.2) is 6.10 Å². The summed E-state index contributed by atoms with van der Waals surface area (Å²) in [6.07, 6.45) is 61.8. The molecular formula is C58H110O6. The van der Waals surface area contributed by atoms with Crippen molar-refractivity contribution in [3.05, 3.63) is 12.2 Å². The number of hydrogen-bond donors (Lipinski definition) is 0. The molecule has 0 fully saturated rings. The topological polar surface area (TPSA) is 78.9 Å². The quantitative estimate of drug-likeness (QED) is 0.0262. The minimum atomic E-state index is -0.757. The van der Waals surface area contributed by atoms with E-state index in [4.69, 9.17) is 14.2 Å². The Hall–Kier alpha value is -1.85. The van der Waals surface area contributed by atoms with Crippen LogP contribution in [-0.4, -0.2) is 37.2 Å². The number of ether oxygens (including phenoxy) is 3. The van der Waals surface area contributed by atoms with Crippen LogP contribution < -0.4 is 0 Å². The summed E-state index contributed by atoms with van der Waals surface area (Å²) in [5.74, 6) is -0.878. The molecule has 0 saturated heterocycles. The van der Waals surface area contributed by atoms with E-state index in [9.17, 15) is 14.4 Å². The SMILES string of the molecule is CCCCCCCCCC/C=C\CCCCCCCCCCCCCCCCCCCCCCCCCC(=O)OCC(COC(=O)CCCCCCC)OC(=O)CCCCCCCC. The fraction of sp³-hybridized carbons (Fsp3) is 0.914. The Morgan fingerprint density at radius 3 is 0.781 bits per heavy atom. The average molecular weight is 904 g/mol. The van der Waals surface area contributed by atoms with Crippen LogP contribution in [0.2, 0.25) is 0 Å². The lowest BCUT2D eigenvalue weighted by molar-refractivity contribution is -0.167. The molecular weight excluding hydrogens is 793 g/mol. The van der Waals surface area contributed by atoms with Crippen LogP contribution >= 0.6 is 0 Å². The van der Waals surface area contributed by atoms with E-state index in [0.717, 1.165) is 64.2 Å². The summed E-state index contributed by atoms with van der Waals surface area (Å²) < 4.78 is 16.5. The zero-order valence-corrected chi connectivity index (χ0v) is 43.3. The molecule has 6 nitrogen and oxygen atoms in total. The third kappa shape index (κ3) is 51.1. The highest BCUT2D eigenvalue weighted by Crippen LogP contribution is 2.17. The molecule has 0 rings (SSSR count). The zero-order chi connectivity index (χ0) is 46.5. The lowest BCUT2D eigenvalue weighted by Crippen LogP contribution is -2.30. The second-order valence-electron chi connectivity index (χ2n) is 19.6. The van der Waals surface area contributed by atoms with Gasteiger partial charge < -0.3 is 14.2 Å². The van der Waals surface area contributed by atoms with Crippen LogP contribution in [0.15, 0.2) is 12.2 Å². The van der Waals surface area contributed by atoms with Gasteiger partial charge in [0.2, 0.25) is 0 Å². The highest BCUT2D eigenvalue weighted by Gasteiger charge is 2.19. The van der Waals surface area contributed by atoms with Gasteiger partial charge in [0.1, 0.15) is 13.2 Å². The van der Waals surface area contributed by atoms with Gasteiger partial charge in [-0.15, -0.1) is 0 Å². The van der Waals surface area contributed by atoms with Gasteiger partial charge in [0, 0.05) is 19.3 Å². The molecule has 1 atom stereocenters. The summed E-state index contributed by atoms with van der Waals surface area (Å²) in [5, 5.41) is 0. The second kappa shape index (κ2) is 53.8. The molecule has 0 N–H and O–H groups in total. The van der Waals surface area contributed by atoms with Gasteiger partial charge >= 0.3 is 17.9 Å². The van der Waals surface area contributed by atoms with Gasteiger partial charge in [-0.1, -0.05) is 270 Å². The number of hydrogen-bond acceptors (Lipinski definition) is 6. The first kappa shape index (κ1) is 62.1. The van der Waals surface area contributed by atoms with Crippen molar-refractivity contribution in [3.8, 4) is 0 Å². The normalized spacial score (nSPS) is 12.0. The highest BCUT2D eigenvalue weighted by molar-refractivity contribution is 5.71. The van der Waals surface area contributed by atoms with Crippen molar-refractivity contribution in [2.75, 3.05) is 13.2 Å². The molecule has 64 heavy (non-hydrogen) atoms. The van der Waals surface area contributed by atoms with Gasteiger partial charge in [-0.05, 0) is 44.9 Å². The molecule has 0 aliphatic rings. The van der Waals surface area contributed by atoms with E-state index in [1.165, 1.54) is 218 Å². The Balaban J connectivity index is 3.66. The van der Waals surface area contributed by atoms with Crippen molar-refractivity contribution >= 4 is 17.9 Å². The van der Waals surface area contributed by atoms with Crippen molar-refractivity contribution in [3.63, 3.8) is 0 Å². The molecule has 378 valence electrons. The molecule has 1 unspecified atom stereocenters. The van der Waals surface area contributed by atoms with E-state index in [2.05, 4.69) is 32.9 Å². The molecule has 0 aliphatic carbocycles. The minimum Gasteiger partial charge on any atom is -0.462 e. The Kier molecular flexibility index (Phi) is 52.2. The van der Waals surface area contributed by atoms with Crippen LogP contribution in [0.5, 0.6) is 0 Å². The first-order valence-corrected chi connectivity index (χ1v) is 28.7. The molecule has 0 amide bonds. The molecule has 0 aromatic carbocycles. The second-order valence-corrected chi connectivity index (χ2v) is 19.6. The summed E-state index contributed by atoms with van der Waals surface area (Å²) >= 11 is 0. The molecule has 0 radical (unpaired) electrons. The molecule has 0 saturated carbocycles. The number of carbonyl (C=O) groups is 3. The van der Waals surface area contributed by atoms with E-state index in [-0.39, 0.29) is 31.1 Å². The van der Waals surface area contributed by atoms with Crippen LogP contribution in [0.4, 0.5) is 0 Å². The van der Waals surface area contributed by atoms with E-state index >= 15 is 0 Å². The summed E-state index contributed by atoms with van der Waals surface area (Å²) in [6, 6.07) is 0. The first-order chi connectivity index (χ1) is 31.5. The number of allylic oxidation sites excluding steroid dienone is 2. The fourth-order valence-corrected chi connectivity index (χ4v) is 8.68. The molecule has 6 heteroatoms. The van der Waals surface area contributed by atoms with E-state index in [1.54, 1.807) is 0 Å². The largest absolute Gasteiger partial charge is 0.462 e. The third-order valence-corrected chi connectivity index (χ3v) is 13.0. The van der Waals surface area contributed by atoms with Gasteiger partial charge in [-0.25, -0.2) is 0 Å². The number of esters is 3. The fourth-order valence-electron chi connectivity index (χ4n) is 8.68. The van der Waals surface area contributed by atoms with E-state index in [1.807, 2.05) is 0 Å². The highest BCUT2D eigenvalue weighted by atomic mass is 16.6. The maximum Gasteiger partial charge on any atom is 0.306 e. The first-order valence-electron chi connectivity index (χ1n) is 28.7. The lowest BCUT2D eigenvalue weighted by Gasteiger charge is -2.18. The van der Waals surface area contributed by atoms with E-state index < -0.39 is 6.10 Å². The molecule has 0 aliphatic heterocycles. The smallest absolute Gasteiger partial charge is 0.306 e. The maximum absolute atomic E-state index is 12.5. The number of unbranched alkanes of at least 4 members (excludes halogenated alkanes) is 40. The molecule has 0 heterocycles. The van der Waals surface area contributed by atoms with Crippen molar-refractivity contribution in [1.82, 2.24) is 0 Å². The van der Waals surface area contributed by atoms with Crippen LogP contribution in [0.25, 0.3) is 0 Å². The van der Waals surface area contributed by atoms with Crippen LogP contribution in [0.1, 0.15) is 323 Å². The Morgan fingerprint density at radius 1 is 0.297 bits per heavy atom. The maximum atomic E-state index is 12.5. The number of carbonyl (C=O) groups excluding carboxylic acids is 3. The Labute approximate surface area is 399 Å². The van der Waals surface area contributed by atoms with E-state index in [0.29, 0.717) is 19.3 Å². The summed E-state index contributed by atoms with van der Waals surface area (Å²) in [7, 11) is 0. The van der Waals surface area contributed by atoms with Crippen molar-refractivity contribution in [2.24, 2.45) is 0 Å². The minimum absolute atomic E-state index is 0.0661. The Morgan fingerprint density at radius 2 is 0.516 bits per heavy atom. The van der Waals surface area contributed by atoms with Gasteiger partial charge in [-0.2, -0.15) is 0 Å². The number of rotatable bonds is 53. The molecule has 0 aromatic rings. The molecule has 0 aromatic heterocycles. The third-order valence-electron chi connectivity index (χ3n) is 13.0. The predicted octanol–water partition coefficient (Wildman–Crippen LogP) is 18.9. The van der Waals surface area contributed by atoms with Crippen molar-refractivity contribution in [2.45, 2.75) is 329 Å². The molecule has 0 bridgehead atoms. The summed E-state index contributed by atoms with van der Waals surface area (Å²) in [4.78, 5) is 37.3. The lowest BCUT2D eigenvalue weighted by atomic mass is 10.0. The van der Waals surface area contributed by atoms with Crippen LogP contribution in [0.3, 0.4) is 0 Å². The Bertz CT molecular complexity index is 993.